The zero-order valence-corrected chi connectivity index (χ0v) is 23.7. The van der Waals surface area contributed by atoms with Crippen molar-refractivity contribution in [2.75, 3.05) is 49.8 Å². The van der Waals surface area contributed by atoms with Gasteiger partial charge >= 0.3 is 6.36 Å². The number of amides is 1. The van der Waals surface area contributed by atoms with Crippen LogP contribution in [0.15, 0.2) is 73.7 Å². The number of hydrogen-bond donors (Lipinski definition) is 2. The first-order valence-corrected chi connectivity index (χ1v) is 12.9. The van der Waals surface area contributed by atoms with E-state index in [1.165, 1.54) is 36.6 Å². The fourth-order valence-electron chi connectivity index (χ4n) is 3.95. The van der Waals surface area contributed by atoms with Crippen molar-refractivity contribution < 1.29 is 22.7 Å². The maximum atomic E-state index is 13.5. The van der Waals surface area contributed by atoms with E-state index in [2.05, 4.69) is 37.0 Å². The predicted molar refractivity (Wildman–Crippen MR) is 157 cm³/mol. The number of aromatic nitrogens is 4. The molecule has 0 aliphatic rings. The molecule has 0 radical (unpaired) electrons. The highest BCUT2D eigenvalue weighted by Gasteiger charge is 2.33. The number of likely N-dealkylation sites (N-methyl/N-ethyl adjacent to an activating group) is 2. The lowest BCUT2D eigenvalue weighted by atomic mass is 10.2. The Morgan fingerprint density at radius 3 is 2.67 bits per heavy atom. The minimum Gasteiger partial charge on any atom is -0.403 e. The molecule has 0 spiro atoms. The molecule has 10 nitrogen and oxygen atoms in total. The van der Waals surface area contributed by atoms with Crippen LogP contribution in [0.5, 0.6) is 5.75 Å². The summed E-state index contributed by atoms with van der Waals surface area (Å²) in [6, 6.07) is 7.98. The normalized spacial score (nSPS) is 11.7. The highest BCUT2D eigenvalue weighted by molar-refractivity contribution is 6.33. The van der Waals surface area contributed by atoms with E-state index in [0.29, 0.717) is 35.6 Å². The first kappa shape index (κ1) is 30.3. The van der Waals surface area contributed by atoms with E-state index in [1.807, 2.05) is 37.2 Å². The Bertz CT molecular complexity index is 1620. The number of rotatable bonds is 11. The monoisotopic (exact) mass is 600 g/mol. The molecule has 0 fully saturated rings. The summed E-state index contributed by atoms with van der Waals surface area (Å²) in [5.41, 5.74) is 2.00. The fourth-order valence-corrected chi connectivity index (χ4v) is 4.14. The van der Waals surface area contributed by atoms with Crippen molar-refractivity contribution in [1.82, 2.24) is 24.5 Å². The molecule has 1 aromatic carbocycles. The number of ether oxygens (including phenoxy) is 1. The number of carbonyl (C=O) groups is 1. The van der Waals surface area contributed by atoms with Crippen LogP contribution in [0.3, 0.4) is 0 Å². The van der Waals surface area contributed by atoms with Crippen molar-refractivity contribution in [3.05, 3.63) is 78.8 Å². The molecule has 0 bridgehead atoms. The smallest absolute Gasteiger partial charge is 0.403 e. The van der Waals surface area contributed by atoms with Crippen LogP contribution in [0.2, 0.25) is 5.02 Å². The number of alkyl halides is 3. The van der Waals surface area contributed by atoms with Gasteiger partial charge in [0, 0.05) is 44.0 Å². The molecule has 3 heterocycles. The second kappa shape index (κ2) is 12.9. The molecule has 0 aliphatic heterocycles. The highest BCUT2D eigenvalue weighted by atomic mass is 35.5. The molecule has 2 N–H and O–H groups in total. The van der Waals surface area contributed by atoms with Crippen LogP contribution < -0.4 is 20.3 Å². The van der Waals surface area contributed by atoms with Gasteiger partial charge in [-0.15, -0.1) is 13.2 Å². The Morgan fingerprint density at radius 2 is 1.95 bits per heavy atom. The third-order valence-corrected chi connectivity index (χ3v) is 6.21. The van der Waals surface area contributed by atoms with Crippen molar-refractivity contribution in [3.8, 4) is 17.0 Å². The lowest BCUT2D eigenvalue weighted by Crippen LogP contribution is -2.29. The van der Waals surface area contributed by atoms with Crippen molar-refractivity contribution in [3.63, 3.8) is 0 Å². The first-order valence-electron chi connectivity index (χ1n) is 12.6. The molecule has 0 saturated heterocycles. The van der Waals surface area contributed by atoms with E-state index in [9.17, 15) is 18.0 Å². The summed E-state index contributed by atoms with van der Waals surface area (Å²) in [5, 5.41) is 10.0. The minimum absolute atomic E-state index is 0.0609. The number of allylic oxidation sites excluding steroid dienone is 2. The number of anilines is 4. The van der Waals surface area contributed by atoms with Gasteiger partial charge in [0.25, 0.3) is 0 Å². The number of carbonyl (C=O) groups excluding carboxylic acids is 1. The summed E-state index contributed by atoms with van der Waals surface area (Å²) in [6.45, 7) is 4.58. The lowest BCUT2D eigenvalue weighted by Gasteiger charge is -2.26. The Hall–Kier alpha value is -4.62. The van der Waals surface area contributed by atoms with Crippen LogP contribution in [0, 0.1) is 0 Å². The highest BCUT2D eigenvalue weighted by Crippen LogP contribution is 2.41. The van der Waals surface area contributed by atoms with E-state index in [0.717, 1.165) is 0 Å². The number of fused-ring (bicyclic) bond motifs is 1. The Labute approximate surface area is 245 Å². The number of hydrogen-bond acceptors (Lipinski definition) is 8. The Morgan fingerprint density at radius 1 is 1.17 bits per heavy atom. The van der Waals surface area contributed by atoms with Gasteiger partial charge in [0.05, 0.1) is 45.7 Å². The quantitative estimate of drug-likeness (QED) is 0.165. The average Bonchev–Trinajstić information content (AvgIpc) is 3.36. The third-order valence-electron chi connectivity index (χ3n) is 5.93. The standard InChI is InChI=1S/C28H28ClF3N8O2/c1-5-6-10-25(41)35-20-14-21(24(42-28(30,31)32)15-23(20)39(4)13-12-38(2)3)36-27-33-17-19(29)26(37-27)18-16-34-40-11-8-7-9-22(18)40/h5-11,14-17H,1,12-13H2,2-4H3,(H,35,41)(H,33,36,37)/b10-6+. The summed E-state index contributed by atoms with van der Waals surface area (Å²) < 4.78 is 46.6. The van der Waals surface area contributed by atoms with Crippen LogP contribution in [0.4, 0.5) is 36.2 Å². The van der Waals surface area contributed by atoms with Crippen molar-refractivity contribution >= 4 is 46.0 Å². The molecule has 0 unspecified atom stereocenters. The molecule has 4 aromatic rings. The van der Waals surface area contributed by atoms with Crippen LogP contribution in [0.25, 0.3) is 16.8 Å². The molecule has 14 heteroatoms. The van der Waals surface area contributed by atoms with Crippen LogP contribution in [-0.4, -0.2) is 71.0 Å². The van der Waals surface area contributed by atoms with Crippen LogP contribution >= 0.6 is 11.6 Å². The summed E-state index contributed by atoms with van der Waals surface area (Å²) in [7, 11) is 5.44. The minimum atomic E-state index is -5.00. The fraction of sp³-hybridized carbons (Fsp3) is 0.214. The van der Waals surface area contributed by atoms with Crippen LogP contribution in [0.1, 0.15) is 0 Å². The maximum absolute atomic E-state index is 13.5. The molecular weight excluding hydrogens is 573 g/mol. The third kappa shape index (κ3) is 7.56. The molecule has 0 atom stereocenters. The predicted octanol–water partition coefficient (Wildman–Crippen LogP) is 5.77. The number of benzene rings is 1. The Kier molecular flexibility index (Phi) is 9.33. The SMILES string of the molecule is C=C/C=C/C(=O)Nc1cc(Nc2ncc(Cl)c(-c3cnn4ccccc34)n2)c(OC(F)(F)F)cc1N(C)CCN(C)C. The van der Waals surface area contributed by atoms with Gasteiger partial charge < -0.3 is 25.2 Å². The topological polar surface area (TPSA) is 99.9 Å². The largest absolute Gasteiger partial charge is 0.573 e. The second-order valence-corrected chi connectivity index (χ2v) is 9.73. The van der Waals surface area contributed by atoms with E-state index in [1.54, 1.807) is 28.9 Å². The molecule has 3 aromatic heterocycles. The molecule has 1 amide bonds. The summed E-state index contributed by atoms with van der Waals surface area (Å²) in [5.74, 6) is -1.12. The summed E-state index contributed by atoms with van der Waals surface area (Å²) >= 11 is 6.41. The summed E-state index contributed by atoms with van der Waals surface area (Å²) in [6.07, 6.45) is 3.77. The average molecular weight is 601 g/mol. The van der Waals surface area contributed by atoms with Crippen molar-refractivity contribution in [1.29, 1.82) is 0 Å². The van der Waals surface area contributed by atoms with Gasteiger partial charge in [-0.05, 0) is 32.3 Å². The van der Waals surface area contributed by atoms with E-state index < -0.39 is 18.0 Å². The molecule has 0 saturated carbocycles. The summed E-state index contributed by atoms with van der Waals surface area (Å²) in [4.78, 5) is 24.8. The second-order valence-electron chi connectivity index (χ2n) is 9.33. The van der Waals surface area contributed by atoms with Crippen LogP contribution in [-0.2, 0) is 4.79 Å². The lowest BCUT2D eigenvalue weighted by molar-refractivity contribution is -0.274. The van der Waals surface area contributed by atoms with E-state index in [4.69, 9.17) is 11.6 Å². The maximum Gasteiger partial charge on any atom is 0.573 e. The zero-order chi connectivity index (χ0) is 30.4. The van der Waals surface area contributed by atoms with Gasteiger partial charge in [0.1, 0.15) is 0 Å². The van der Waals surface area contributed by atoms with Gasteiger partial charge in [0.2, 0.25) is 11.9 Å². The molecule has 4 rings (SSSR count). The first-order chi connectivity index (χ1) is 19.9. The van der Waals surface area contributed by atoms with Gasteiger partial charge in [0.15, 0.2) is 5.75 Å². The van der Waals surface area contributed by atoms with Crippen molar-refractivity contribution in [2.24, 2.45) is 0 Å². The van der Waals surface area contributed by atoms with E-state index in [-0.39, 0.29) is 22.3 Å². The molecular formula is C28H28ClF3N8O2. The number of halogens is 4. The van der Waals surface area contributed by atoms with Gasteiger partial charge in [-0.25, -0.2) is 14.5 Å². The van der Waals surface area contributed by atoms with Gasteiger partial charge in [-0.2, -0.15) is 5.10 Å². The van der Waals surface area contributed by atoms with Gasteiger partial charge in [-0.1, -0.05) is 36.4 Å². The van der Waals surface area contributed by atoms with Crippen molar-refractivity contribution in [2.45, 2.75) is 6.36 Å². The van der Waals surface area contributed by atoms with E-state index >= 15 is 0 Å². The Balaban J connectivity index is 1.79. The molecule has 42 heavy (non-hydrogen) atoms. The number of nitrogens with one attached hydrogen (secondary N) is 2. The van der Waals surface area contributed by atoms with Gasteiger partial charge in [-0.3, -0.25) is 4.79 Å². The number of nitrogens with zero attached hydrogens (tertiary/aromatic N) is 6. The molecule has 220 valence electrons. The number of pyridine rings is 1. The molecule has 0 aliphatic carbocycles. The zero-order valence-electron chi connectivity index (χ0n) is 23.0.